The van der Waals surface area contributed by atoms with E-state index in [-0.39, 0.29) is 61.9 Å². The van der Waals surface area contributed by atoms with Crippen LogP contribution < -0.4 is 42.5 Å². The molecule has 22 heteroatoms. The number of likely N-dealkylation sites (N-methyl/N-ethyl adjacent to an activating group) is 1. The third-order valence-electron chi connectivity index (χ3n) is 14.1. The second kappa shape index (κ2) is 35.4. The quantitative estimate of drug-likeness (QED) is 0.0243. The fourth-order valence-electron chi connectivity index (χ4n) is 9.45. The molecule has 0 unspecified atom stereocenters. The minimum Gasteiger partial charge on any atom is -0.390 e. The Balaban J connectivity index is 3.37. The van der Waals surface area contributed by atoms with Crippen LogP contribution in [-0.2, 0) is 47.9 Å². The lowest BCUT2D eigenvalue weighted by atomic mass is 9.95. The number of likely N-dealkylation sites (tertiary alicyclic amines) is 1. The van der Waals surface area contributed by atoms with E-state index >= 15 is 0 Å². The Kier molecular flexibility index (Phi) is 32.0. The molecule has 0 aromatic rings. The second-order valence-electron chi connectivity index (χ2n) is 25.1. The average molecular weight is 1150 g/mol. The fraction of sp³-hybridized carbons (Fsp3) is 0.797. The average Bonchev–Trinajstić information content (AvgIpc) is 3.86. The molecule has 0 aromatic carbocycles. The second-order valence-corrected chi connectivity index (χ2v) is 25.1. The Morgan fingerprint density at radius 1 is 0.654 bits per heavy atom. The number of aliphatic hydroxyl groups excluding tert-OH is 1. The first kappa shape index (κ1) is 73.4. The van der Waals surface area contributed by atoms with Gasteiger partial charge in [-0.05, 0) is 125 Å². The van der Waals surface area contributed by atoms with E-state index in [0.29, 0.717) is 45.2 Å². The predicted octanol–water partition coefficient (Wildman–Crippen LogP) is 3.69. The van der Waals surface area contributed by atoms with Crippen LogP contribution in [0, 0.1) is 17.8 Å². The Morgan fingerprint density at radius 3 is 1.77 bits per heavy atom. The van der Waals surface area contributed by atoms with Gasteiger partial charge >= 0.3 is 0 Å². The number of unbranched alkanes of at least 4 members (excludes halogenated alkanes) is 6. The van der Waals surface area contributed by atoms with Crippen molar-refractivity contribution in [1.29, 1.82) is 0 Å². The van der Waals surface area contributed by atoms with E-state index in [1.54, 1.807) is 24.8 Å². The van der Waals surface area contributed by atoms with Crippen LogP contribution in [-0.4, -0.2) is 172 Å². The van der Waals surface area contributed by atoms with Crippen LogP contribution in [0.15, 0.2) is 12.2 Å². The summed E-state index contributed by atoms with van der Waals surface area (Å²) in [4.78, 5) is 142. The van der Waals surface area contributed by atoms with Gasteiger partial charge in [-0.1, -0.05) is 106 Å². The lowest BCUT2D eigenvalue weighted by Gasteiger charge is -2.38. The highest BCUT2D eigenvalue weighted by Gasteiger charge is 2.43. The number of nitrogens with zero attached hydrogens (tertiary/aromatic N) is 3. The number of amides is 10. The Morgan fingerprint density at radius 2 is 1.21 bits per heavy atom. The monoisotopic (exact) mass is 1150 g/mol. The van der Waals surface area contributed by atoms with E-state index in [1.807, 2.05) is 60.5 Å². The molecule has 0 bridgehead atoms. The standard InChI is InChI=1S/C59H107N11O11/c1-18-20-22-23-24-26-28-44(70(37-71)46-29-27-33-69(46)47(73)30-25-21-19-2)52(77)64-48(49(74)40(7)8)53(78)66-58(12,13)55(80)63-42(34-38(3)4)50(75)62-43(35-39(5)6)51(76)65-59(14,15)56(81)67-57(10,11)54(79)60-32-31-45(72)61-41(9)36-68(16)17/h25,30,37-44,46,48-49,74H,18-24,26-29,31-36H2,1-17H3,(H,60,79)(H,61,72)(H,62,75)(H,63,80)(H,64,77)(H,65,76)(H,66,78)(H,67,81)/b30-25+/t41-,42-,43-,44-,46+,48-,49+/m0/s1. The van der Waals surface area contributed by atoms with Crippen LogP contribution >= 0.6 is 0 Å². The summed E-state index contributed by atoms with van der Waals surface area (Å²) in [6, 6.07) is -5.22. The summed E-state index contributed by atoms with van der Waals surface area (Å²) in [5.74, 6) is -6.44. The van der Waals surface area contributed by atoms with E-state index in [2.05, 4.69) is 49.5 Å². The van der Waals surface area contributed by atoms with Gasteiger partial charge in [-0.3, -0.25) is 47.9 Å². The van der Waals surface area contributed by atoms with Gasteiger partial charge in [0, 0.05) is 32.1 Å². The van der Waals surface area contributed by atoms with Crippen molar-refractivity contribution in [3.05, 3.63) is 12.2 Å². The number of allylic oxidation sites excluding steroid dienone is 1. The molecule has 81 heavy (non-hydrogen) atoms. The summed E-state index contributed by atoms with van der Waals surface area (Å²) >= 11 is 0. The molecule has 1 heterocycles. The van der Waals surface area contributed by atoms with Crippen molar-refractivity contribution in [3.63, 3.8) is 0 Å². The zero-order valence-electron chi connectivity index (χ0n) is 52.4. The highest BCUT2D eigenvalue weighted by Crippen LogP contribution is 2.26. The molecule has 1 saturated heterocycles. The third-order valence-corrected chi connectivity index (χ3v) is 14.1. The molecular formula is C59H107N11O11. The maximum absolute atomic E-state index is 14.6. The number of carbonyl (C=O) groups is 10. The number of carbonyl (C=O) groups excluding carboxylic acids is 10. The van der Waals surface area contributed by atoms with Gasteiger partial charge in [-0.15, -0.1) is 0 Å². The van der Waals surface area contributed by atoms with Crippen LogP contribution in [0.3, 0.4) is 0 Å². The lowest BCUT2D eigenvalue weighted by molar-refractivity contribution is -0.145. The molecule has 0 aromatic heterocycles. The van der Waals surface area contributed by atoms with Crippen molar-refractivity contribution in [2.75, 3.05) is 33.7 Å². The SMILES string of the molecule is CCC/C=C/C(=O)N1CCC[C@H]1N(C=O)[C@@H](CCCCCCCC)C(=O)N[C@H](C(=O)NC(C)(C)C(=O)N[C@@H](CC(C)C)C(=O)N[C@@H](CC(C)C)C(=O)NC(C)(C)C(=O)NC(C)(C)C(=O)NCCC(=O)N[C@@H](C)CN(C)C)[C@H](O)C(C)C. The van der Waals surface area contributed by atoms with E-state index in [9.17, 15) is 53.1 Å². The van der Waals surface area contributed by atoms with Crippen LogP contribution in [0.1, 0.15) is 194 Å². The van der Waals surface area contributed by atoms with Crippen molar-refractivity contribution < 1.29 is 53.1 Å². The Labute approximate surface area is 484 Å². The molecular weight excluding hydrogens is 1040 g/mol. The first-order valence-corrected chi connectivity index (χ1v) is 29.6. The van der Waals surface area contributed by atoms with Crippen LogP contribution in [0.4, 0.5) is 0 Å². The maximum Gasteiger partial charge on any atom is 0.247 e. The maximum atomic E-state index is 14.6. The summed E-state index contributed by atoms with van der Waals surface area (Å²) in [5, 5.41) is 33.4. The summed E-state index contributed by atoms with van der Waals surface area (Å²) < 4.78 is 0. The van der Waals surface area contributed by atoms with Crippen molar-refractivity contribution >= 4 is 59.6 Å². The molecule has 0 spiro atoms. The van der Waals surface area contributed by atoms with Crippen LogP contribution in [0.5, 0.6) is 0 Å². The van der Waals surface area contributed by atoms with Crippen LogP contribution in [0.2, 0.25) is 0 Å². The summed E-state index contributed by atoms with van der Waals surface area (Å²) in [6.45, 7) is 26.4. The van der Waals surface area contributed by atoms with Gasteiger partial charge < -0.3 is 62.3 Å². The molecule has 464 valence electrons. The van der Waals surface area contributed by atoms with Crippen molar-refractivity contribution in [3.8, 4) is 0 Å². The normalized spacial score (nSPS) is 16.3. The molecule has 0 saturated carbocycles. The third kappa shape index (κ3) is 26.0. The minimum absolute atomic E-state index is 0.0211. The van der Waals surface area contributed by atoms with Gasteiger partial charge in [0.1, 0.15) is 46.9 Å². The van der Waals surface area contributed by atoms with E-state index in [0.717, 1.165) is 38.5 Å². The van der Waals surface area contributed by atoms with Crippen molar-refractivity contribution in [1.82, 2.24) is 57.2 Å². The van der Waals surface area contributed by atoms with Gasteiger partial charge in [0.2, 0.25) is 59.6 Å². The zero-order chi connectivity index (χ0) is 62.0. The number of aliphatic hydroxyl groups is 1. The number of nitrogens with one attached hydrogen (secondary N) is 8. The molecule has 0 aliphatic carbocycles. The topological polar surface area (TPSA) is 297 Å². The van der Waals surface area contributed by atoms with Gasteiger partial charge in [0.25, 0.3) is 0 Å². The molecule has 1 rings (SSSR count). The molecule has 1 aliphatic heterocycles. The van der Waals surface area contributed by atoms with Gasteiger partial charge in [0.05, 0.1) is 6.10 Å². The molecule has 0 radical (unpaired) electrons. The number of hydrogen-bond donors (Lipinski definition) is 9. The summed E-state index contributed by atoms with van der Waals surface area (Å²) in [7, 11) is 3.79. The predicted molar refractivity (Wildman–Crippen MR) is 314 cm³/mol. The minimum atomic E-state index is -1.76. The summed E-state index contributed by atoms with van der Waals surface area (Å²) in [5.41, 5.74) is -4.82. The van der Waals surface area contributed by atoms with Crippen molar-refractivity contribution in [2.24, 2.45) is 17.8 Å². The smallest absolute Gasteiger partial charge is 0.247 e. The number of hydrogen-bond acceptors (Lipinski definition) is 12. The van der Waals surface area contributed by atoms with E-state index < -0.39 is 100 Å². The van der Waals surface area contributed by atoms with Crippen molar-refractivity contribution in [2.45, 2.75) is 253 Å². The summed E-state index contributed by atoms with van der Waals surface area (Å²) in [6.07, 6.45) is 10.2. The Hall–Kier alpha value is -5.64. The highest BCUT2D eigenvalue weighted by molar-refractivity contribution is 6.00. The molecule has 9 N–H and O–H groups in total. The van der Waals surface area contributed by atoms with Gasteiger partial charge in [-0.25, -0.2) is 0 Å². The van der Waals surface area contributed by atoms with E-state index in [1.165, 1.54) is 52.5 Å². The van der Waals surface area contributed by atoms with E-state index in [4.69, 9.17) is 0 Å². The first-order valence-electron chi connectivity index (χ1n) is 29.6. The van der Waals surface area contributed by atoms with Crippen LogP contribution in [0.25, 0.3) is 0 Å². The van der Waals surface area contributed by atoms with Gasteiger partial charge in [0.15, 0.2) is 0 Å². The first-order chi connectivity index (χ1) is 37.6. The largest absolute Gasteiger partial charge is 0.390 e. The number of rotatable bonds is 38. The molecule has 22 nitrogen and oxygen atoms in total. The molecule has 7 atom stereocenters. The van der Waals surface area contributed by atoms with Gasteiger partial charge in [-0.2, -0.15) is 0 Å². The highest BCUT2D eigenvalue weighted by atomic mass is 16.3. The lowest BCUT2D eigenvalue weighted by Crippen LogP contribution is -2.66. The fourth-order valence-corrected chi connectivity index (χ4v) is 9.45. The molecule has 1 fully saturated rings. The molecule has 10 amide bonds. The zero-order valence-corrected chi connectivity index (χ0v) is 52.4. The Bertz CT molecular complexity index is 2090. The molecule has 1 aliphatic rings.